The molecule has 1 amide bonds. The Morgan fingerprint density at radius 1 is 1.21 bits per heavy atom. The number of hydrogen-bond acceptors (Lipinski definition) is 5. The van der Waals surface area contributed by atoms with Crippen LogP contribution in [0.2, 0.25) is 0 Å². The van der Waals surface area contributed by atoms with E-state index in [0.29, 0.717) is 22.7 Å². The van der Waals surface area contributed by atoms with Crippen LogP contribution in [0.1, 0.15) is 19.4 Å². The molecule has 0 radical (unpaired) electrons. The van der Waals surface area contributed by atoms with Gasteiger partial charge in [-0.3, -0.25) is 9.69 Å². The van der Waals surface area contributed by atoms with E-state index in [4.69, 9.17) is 9.47 Å². The first-order chi connectivity index (χ1) is 13.9. The van der Waals surface area contributed by atoms with Crippen LogP contribution in [0.15, 0.2) is 63.8 Å². The van der Waals surface area contributed by atoms with E-state index >= 15 is 0 Å². The van der Waals surface area contributed by atoms with Crippen LogP contribution < -0.4 is 9.64 Å². The summed E-state index contributed by atoms with van der Waals surface area (Å²) in [7, 11) is 1.56. The summed E-state index contributed by atoms with van der Waals surface area (Å²) in [6, 6.07) is 11.8. The minimum atomic E-state index is -0.588. The molecule has 6 nitrogen and oxygen atoms in total. The van der Waals surface area contributed by atoms with Crippen molar-refractivity contribution in [1.29, 1.82) is 0 Å². The Balaban J connectivity index is 2.14. The topological polar surface area (TPSA) is 76.1 Å². The van der Waals surface area contributed by atoms with Crippen LogP contribution in [-0.2, 0) is 14.3 Å². The quantitative estimate of drug-likeness (QED) is 0.530. The molecule has 0 aromatic heterocycles. The fraction of sp³-hybridized carbons (Fsp3) is 0.182. The van der Waals surface area contributed by atoms with Gasteiger partial charge in [-0.2, -0.15) is 0 Å². The van der Waals surface area contributed by atoms with Gasteiger partial charge in [-0.1, -0.05) is 15.9 Å². The lowest BCUT2D eigenvalue weighted by Gasteiger charge is -2.18. The summed E-state index contributed by atoms with van der Waals surface area (Å²) in [6.07, 6.45) is 1.50. The second-order valence-corrected chi connectivity index (χ2v) is 7.20. The minimum Gasteiger partial charge on any atom is -0.507 e. The molecule has 1 aliphatic rings. The van der Waals surface area contributed by atoms with Gasteiger partial charge in [0.2, 0.25) is 0 Å². The van der Waals surface area contributed by atoms with Crippen molar-refractivity contribution in [3.05, 3.63) is 69.3 Å². The first kappa shape index (κ1) is 20.7. The Bertz CT molecular complexity index is 1020. The number of anilines is 1. The van der Waals surface area contributed by atoms with Crippen molar-refractivity contribution in [3.8, 4) is 11.5 Å². The maximum Gasteiger partial charge on any atom is 0.340 e. The number of ether oxygens (including phenoxy) is 2. The fourth-order valence-corrected chi connectivity index (χ4v) is 3.50. The number of benzene rings is 2. The highest BCUT2D eigenvalue weighted by atomic mass is 79.9. The summed E-state index contributed by atoms with van der Waals surface area (Å²) in [4.78, 5) is 27.4. The molecule has 0 fully saturated rings. The monoisotopic (exact) mass is 457 g/mol. The highest BCUT2D eigenvalue weighted by Gasteiger charge is 2.38. The van der Waals surface area contributed by atoms with Crippen molar-refractivity contribution in [3.63, 3.8) is 0 Å². The van der Waals surface area contributed by atoms with Crippen molar-refractivity contribution in [2.24, 2.45) is 0 Å². The van der Waals surface area contributed by atoms with Crippen LogP contribution in [0, 0.1) is 0 Å². The van der Waals surface area contributed by atoms with E-state index in [9.17, 15) is 14.7 Å². The molecule has 0 unspecified atom stereocenters. The first-order valence-corrected chi connectivity index (χ1v) is 9.73. The number of carbonyl (C=O) groups is 2. The Labute approximate surface area is 177 Å². The average molecular weight is 458 g/mol. The highest BCUT2D eigenvalue weighted by molar-refractivity contribution is 9.10. The molecule has 0 spiro atoms. The molecule has 0 saturated carbocycles. The van der Waals surface area contributed by atoms with Crippen molar-refractivity contribution < 1.29 is 24.2 Å². The third-order valence-corrected chi connectivity index (χ3v) is 4.99. The number of nitrogens with zero attached hydrogens (tertiary/aromatic N) is 1. The number of esters is 1. The van der Waals surface area contributed by atoms with E-state index in [1.54, 1.807) is 57.4 Å². The van der Waals surface area contributed by atoms with Crippen LogP contribution in [-0.4, -0.2) is 30.7 Å². The van der Waals surface area contributed by atoms with E-state index < -0.39 is 5.97 Å². The number of hydrogen-bond donors (Lipinski definition) is 1. The Morgan fingerprint density at radius 2 is 1.90 bits per heavy atom. The number of phenolic OH excluding ortho intramolecular Hbond substituents is 1. The van der Waals surface area contributed by atoms with E-state index in [1.807, 2.05) is 0 Å². The van der Waals surface area contributed by atoms with Gasteiger partial charge in [0.25, 0.3) is 5.91 Å². The largest absolute Gasteiger partial charge is 0.507 e. The molecule has 0 atom stereocenters. The molecular weight excluding hydrogens is 438 g/mol. The molecule has 7 heteroatoms. The van der Waals surface area contributed by atoms with E-state index in [2.05, 4.69) is 15.9 Å². The zero-order chi connectivity index (χ0) is 21.1. The number of methoxy groups -OCH3 is 1. The van der Waals surface area contributed by atoms with Gasteiger partial charge in [0.15, 0.2) is 0 Å². The molecule has 2 aromatic carbocycles. The molecular formula is C22H20BrNO5. The molecule has 1 aliphatic heterocycles. The zero-order valence-electron chi connectivity index (χ0n) is 16.2. The Hall–Kier alpha value is -3.06. The third kappa shape index (κ3) is 4.05. The number of rotatable bonds is 5. The van der Waals surface area contributed by atoms with Gasteiger partial charge in [-0.15, -0.1) is 0 Å². The lowest BCUT2D eigenvalue weighted by molar-refractivity contribution is -0.138. The summed E-state index contributed by atoms with van der Waals surface area (Å²) in [5.74, 6) is -0.315. The zero-order valence-corrected chi connectivity index (χ0v) is 17.8. The summed E-state index contributed by atoms with van der Waals surface area (Å²) < 4.78 is 11.1. The van der Waals surface area contributed by atoms with Crippen LogP contribution >= 0.6 is 15.9 Å². The second-order valence-electron chi connectivity index (χ2n) is 6.28. The van der Waals surface area contributed by atoms with Gasteiger partial charge in [-0.25, -0.2) is 4.79 Å². The average Bonchev–Trinajstić information content (AvgIpc) is 2.95. The maximum atomic E-state index is 13.3. The third-order valence-electron chi connectivity index (χ3n) is 4.50. The lowest BCUT2D eigenvalue weighted by Crippen LogP contribution is -2.24. The number of halogens is 1. The smallest absolute Gasteiger partial charge is 0.340 e. The number of amides is 1. The molecule has 2 aromatic rings. The number of aromatic hydroxyl groups is 1. The second kappa shape index (κ2) is 8.53. The number of allylic oxidation sites excluding steroid dienone is 1. The van der Waals surface area contributed by atoms with Crippen molar-refractivity contribution in [2.45, 2.75) is 13.8 Å². The fourth-order valence-electron chi connectivity index (χ4n) is 3.12. The van der Waals surface area contributed by atoms with E-state index in [-0.39, 0.29) is 29.4 Å². The molecule has 1 N–H and O–H groups in total. The normalized spacial score (nSPS) is 15.2. The van der Waals surface area contributed by atoms with Crippen LogP contribution in [0.5, 0.6) is 11.5 Å². The van der Waals surface area contributed by atoms with Gasteiger partial charge in [0, 0.05) is 21.4 Å². The highest BCUT2D eigenvalue weighted by Crippen LogP contribution is 2.37. The number of phenols is 1. The molecule has 0 bridgehead atoms. The summed E-state index contributed by atoms with van der Waals surface area (Å²) in [5, 5.41) is 10.2. The molecule has 150 valence electrons. The van der Waals surface area contributed by atoms with Gasteiger partial charge >= 0.3 is 5.97 Å². The van der Waals surface area contributed by atoms with Crippen molar-refractivity contribution >= 4 is 39.6 Å². The van der Waals surface area contributed by atoms with Gasteiger partial charge < -0.3 is 14.6 Å². The Kier molecular flexibility index (Phi) is 6.08. The predicted octanol–water partition coefficient (Wildman–Crippen LogP) is 4.43. The predicted molar refractivity (Wildman–Crippen MR) is 114 cm³/mol. The molecule has 29 heavy (non-hydrogen) atoms. The standard InChI is InChI=1S/C22H20BrNO5/c1-4-29-22(27)20-13(2)24(16-6-8-17(28-3)9-7-16)21(26)18(20)12-14-11-15(23)5-10-19(14)25/h5-12,25H,4H2,1-3H3/b18-12-. The molecule has 1 heterocycles. The SMILES string of the molecule is CCOC(=O)C1=C(C)N(c2ccc(OC)cc2)C(=O)/C1=C\c1cc(Br)ccc1O. The molecule has 0 aliphatic carbocycles. The molecule has 0 saturated heterocycles. The Morgan fingerprint density at radius 3 is 2.52 bits per heavy atom. The van der Waals surface area contributed by atoms with Gasteiger partial charge in [0.05, 0.1) is 24.9 Å². The molecule has 3 rings (SSSR count). The first-order valence-electron chi connectivity index (χ1n) is 8.94. The number of carbonyl (C=O) groups excluding carboxylic acids is 2. The lowest BCUT2D eigenvalue weighted by atomic mass is 10.0. The van der Waals surface area contributed by atoms with Crippen molar-refractivity contribution in [2.75, 3.05) is 18.6 Å². The van der Waals surface area contributed by atoms with Crippen LogP contribution in [0.3, 0.4) is 0 Å². The minimum absolute atomic E-state index is 0.00254. The van der Waals surface area contributed by atoms with Crippen LogP contribution in [0.4, 0.5) is 5.69 Å². The van der Waals surface area contributed by atoms with E-state index in [0.717, 1.165) is 4.47 Å². The van der Waals surface area contributed by atoms with E-state index in [1.165, 1.54) is 17.0 Å². The van der Waals surface area contributed by atoms with Gasteiger partial charge in [-0.05, 0) is 62.4 Å². The maximum absolute atomic E-state index is 13.3. The summed E-state index contributed by atoms with van der Waals surface area (Å²) in [5.41, 5.74) is 1.79. The van der Waals surface area contributed by atoms with Crippen molar-refractivity contribution in [1.82, 2.24) is 0 Å². The summed E-state index contributed by atoms with van der Waals surface area (Å²) in [6.45, 7) is 3.58. The summed E-state index contributed by atoms with van der Waals surface area (Å²) >= 11 is 3.35. The van der Waals surface area contributed by atoms with Gasteiger partial charge in [0.1, 0.15) is 11.5 Å². The van der Waals surface area contributed by atoms with Crippen LogP contribution in [0.25, 0.3) is 6.08 Å².